The summed E-state index contributed by atoms with van der Waals surface area (Å²) in [5.74, 6) is 0.0670. The Kier molecular flexibility index (Phi) is 4.36. The summed E-state index contributed by atoms with van der Waals surface area (Å²) in [6, 6.07) is 11.5. The molecule has 0 spiro atoms. The number of fused-ring (bicyclic) bond motifs is 1. The van der Waals surface area contributed by atoms with E-state index in [-0.39, 0.29) is 12.0 Å². The first-order chi connectivity index (χ1) is 12.5. The van der Waals surface area contributed by atoms with E-state index >= 15 is 0 Å². The lowest BCUT2D eigenvalue weighted by Crippen LogP contribution is -2.25. The zero-order valence-electron chi connectivity index (χ0n) is 13.9. The van der Waals surface area contributed by atoms with Crippen LogP contribution in [0.2, 0.25) is 0 Å². The molecule has 1 aliphatic heterocycles. The monoisotopic (exact) mass is 356 g/mol. The van der Waals surface area contributed by atoms with Crippen LogP contribution >= 0.6 is 0 Å². The van der Waals surface area contributed by atoms with Crippen molar-refractivity contribution in [3.63, 3.8) is 0 Å². The van der Waals surface area contributed by atoms with E-state index in [4.69, 9.17) is 0 Å². The first kappa shape index (κ1) is 17.0. The Labute approximate surface area is 149 Å². The maximum Gasteiger partial charge on any atom is 0.416 e. The fraction of sp³-hybridized carbons (Fsp3) is 0.300. The summed E-state index contributed by atoms with van der Waals surface area (Å²) in [5, 5.41) is 4.68. The zero-order chi connectivity index (χ0) is 18.1. The van der Waals surface area contributed by atoms with Gasteiger partial charge in [-0.2, -0.15) is 13.2 Å². The number of benzene rings is 2. The molecule has 0 saturated carbocycles. The minimum atomic E-state index is -4.31. The number of alkyl halides is 3. The van der Waals surface area contributed by atoms with Crippen molar-refractivity contribution in [1.29, 1.82) is 0 Å². The summed E-state index contributed by atoms with van der Waals surface area (Å²) in [5.41, 5.74) is 2.81. The van der Waals surface area contributed by atoms with Crippen LogP contribution in [0, 0.1) is 0 Å². The molecular weight excluding hydrogens is 339 g/mol. The van der Waals surface area contributed by atoms with E-state index in [1.54, 1.807) is 18.5 Å². The molecule has 1 saturated heterocycles. The van der Waals surface area contributed by atoms with Crippen molar-refractivity contribution in [3.8, 4) is 0 Å². The van der Waals surface area contributed by atoms with Gasteiger partial charge in [0.2, 0.25) is 0 Å². The number of nitrogens with zero attached hydrogens (tertiary/aromatic N) is 3. The van der Waals surface area contributed by atoms with Gasteiger partial charge in [-0.1, -0.05) is 24.3 Å². The molecule has 0 amide bonds. The maximum atomic E-state index is 13.0. The molecule has 1 aliphatic rings. The van der Waals surface area contributed by atoms with E-state index in [0.717, 1.165) is 34.6 Å². The number of rotatable bonds is 2. The van der Waals surface area contributed by atoms with Gasteiger partial charge in [0.15, 0.2) is 0 Å². The predicted octanol–water partition coefficient (Wildman–Crippen LogP) is 4.87. The van der Waals surface area contributed by atoms with E-state index in [1.807, 2.05) is 18.2 Å². The Morgan fingerprint density at radius 1 is 0.885 bits per heavy atom. The van der Waals surface area contributed by atoms with Crippen molar-refractivity contribution in [3.05, 3.63) is 71.5 Å². The first-order valence-electron chi connectivity index (χ1n) is 8.55. The molecule has 2 heterocycles. The van der Waals surface area contributed by atoms with Crippen LogP contribution in [0.1, 0.15) is 41.5 Å². The molecule has 2 atom stereocenters. The molecule has 6 heteroatoms. The van der Waals surface area contributed by atoms with Crippen molar-refractivity contribution < 1.29 is 13.2 Å². The highest BCUT2D eigenvalue weighted by atomic mass is 19.4. The Morgan fingerprint density at radius 3 is 2.50 bits per heavy atom. The van der Waals surface area contributed by atoms with Crippen molar-refractivity contribution in [2.45, 2.75) is 31.0 Å². The van der Waals surface area contributed by atoms with Crippen molar-refractivity contribution in [2.24, 2.45) is 0 Å². The quantitative estimate of drug-likeness (QED) is 0.657. The van der Waals surface area contributed by atoms with Gasteiger partial charge in [-0.3, -0.25) is 9.97 Å². The summed E-state index contributed by atoms with van der Waals surface area (Å²) < 4.78 is 39.0. The van der Waals surface area contributed by atoms with Crippen molar-refractivity contribution in [1.82, 2.24) is 15.3 Å². The topological polar surface area (TPSA) is 39.9 Å². The van der Waals surface area contributed by atoms with E-state index in [0.29, 0.717) is 13.0 Å². The van der Waals surface area contributed by atoms with Crippen LogP contribution in [0.4, 0.5) is 13.2 Å². The van der Waals surface area contributed by atoms with Gasteiger partial charge in [-0.15, -0.1) is 0 Å². The molecule has 0 N–H and O–H groups in total. The molecule has 133 valence electrons. The normalized spacial score (nSPS) is 21.0. The fourth-order valence-electron chi connectivity index (χ4n) is 3.55. The summed E-state index contributed by atoms with van der Waals surface area (Å²) in [6.45, 7) is 0.643. The zero-order valence-corrected chi connectivity index (χ0v) is 13.9. The maximum absolute atomic E-state index is 13.0. The van der Waals surface area contributed by atoms with Crippen molar-refractivity contribution in [2.75, 3.05) is 6.54 Å². The van der Waals surface area contributed by atoms with Gasteiger partial charge >= 0.3 is 6.18 Å². The van der Waals surface area contributed by atoms with Crippen LogP contribution in [0.15, 0.2) is 54.9 Å². The number of hydrogen-bond acceptors (Lipinski definition) is 2. The molecule has 26 heavy (non-hydrogen) atoms. The van der Waals surface area contributed by atoms with Gasteiger partial charge in [0.25, 0.3) is 0 Å². The Balaban J connectivity index is 1.59. The third-order valence-electron chi connectivity index (χ3n) is 4.90. The van der Waals surface area contributed by atoms with Gasteiger partial charge in [0, 0.05) is 18.9 Å². The lowest BCUT2D eigenvalue weighted by molar-refractivity contribution is -0.137. The molecular formula is C20H17F3N3. The van der Waals surface area contributed by atoms with Gasteiger partial charge in [-0.25, -0.2) is 5.32 Å². The molecule has 2 unspecified atom stereocenters. The van der Waals surface area contributed by atoms with Gasteiger partial charge in [0.05, 0.1) is 22.6 Å². The van der Waals surface area contributed by atoms with Crippen LogP contribution in [-0.2, 0) is 6.18 Å². The average Bonchev–Trinajstić information content (AvgIpc) is 2.67. The largest absolute Gasteiger partial charge is 0.416 e. The fourth-order valence-corrected chi connectivity index (χ4v) is 3.55. The second kappa shape index (κ2) is 6.68. The van der Waals surface area contributed by atoms with Crippen LogP contribution in [0.25, 0.3) is 11.0 Å². The summed E-state index contributed by atoms with van der Waals surface area (Å²) in [6.07, 6.45) is 0.454. The number of aromatic nitrogens is 2. The second-order valence-electron chi connectivity index (χ2n) is 6.57. The third kappa shape index (κ3) is 3.42. The summed E-state index contributed by atoms with van der Waals surface area (Å²) in [4.78, 5) is 8.59. The lowest BCUT2D eigenvalue weighted by atomic mass is 9.83. The second-order valence-corrected chi connectivity index (χ2v) is 6.57. The first-order valence-corrected chi connectivity index (χ1v) is 8.55. The Morgan fingerprint density at radius 2 is 1.69 bits per heavy atom. The van der Waals surface area contributed by atoms with Crippen molar-refractivity contribution >= 4 is 11.0 Å². The highest BCUT2D eigenvalue weighted by molar-refractivity contribution is 5.74. The molecule has 1 radical (unpaired) electrons. The van der Waals surface area contributed by atoms with Gasteiger partial charge in [-0.05, 0) is 48.1 Å². The average molecular weight is 356 g/mol. The minimum absolute atomic E-state index is 0.0327. The standard InChI is InChI=1S/C20H17F3N3/c21-20(22,23)16-3-1-2-13(10-16)14-6-7-24-18(11-14)15-4-5-17-19(12-15)26-9-8-25-17/h1-5,8-10,12,14,18H,6-7,11H2. The predicted molar refractivity (Wildman–Crippen MR) is 92.7 cm³/mol. The highest BCUT2D eigenvalue weighted by Gasteiger charge is 2.32. The van der Waals surface area contributed by atoms with E-state index in [9.17, 15) is 13.2 Å². The molecule has 0 aliphatic carbocycles. The number of halogens is 3. The number of hydrogen-bond donors (Lipinski definition) is 0. The SMILES string of the molecule is FC(F)(F)c1cccc(C2CC[N]C(c3ccc4nccnc4c3)C2)c1. The van der Waals surface area contributed by atoms with Gasteiger partial charge < -0.3 is 0 Å². The molecule has 1 aromatic heterocycles. The van der Waals surface area contributed by atoms with E-state index in [1.165, 1.54) is 12.1 Å². The van der Waals surface area contributed by atoms with Crippen LogP contribution in [0.3, 0.4) is 0 Å². The van der Waals surface area contributed by atoms with E-state index in [2.05, 4.69) is 15.3 Å². The third-order valence-corrected chi connectivity index (χ3v) is 4.90. The highest BCUT2D eigenvalue weighted by Crippen LogP contribution is 2.38. The molecule has 0 bridgehead atoms. The molecule has 1 fully saturated rings. The Bertz CT molecular complexity index is 923. The van der Waals surface area contributed by atoms with E-state index < -0.39 is 11.7 Å². The lowest BCUT2D eigenvalue weighted by Gasteiger charge is -2.30. The smallest absolute Gasteiger partial charge is 0.253 e. The van der Waals surface area contributed by atoms with Crippen LogP contribution < -0.4 is 5.32 Å². The minimum Gasteiger partial charge on any atom is -0.253 e. The molecule has 3 nitrogen and oxygen atoms in total. The van der Waals surface area contributed by atoms with Crippen LogP contribution in [-0.4, -0.2) is 16.5 Å². The summed E-state index contributed by atoms with van der Waals surface area (Å²) >= 11 is 0. The van der Waals surface area contributed by atoms with Crippen LogP contribution in [0.5, 0.6) is 0 Å². The Hall–Kier alpha value is -2.47. The molecule has 2 aromatic carbocycles. The number of piperidine rings is 1. The molecule has 3 aromatic rings. The molecule has 4 rings (SSSR count). The summed E-state index contributed by atoms with van der Waals surface area (Å²) in [7, 11) is 0. The van der Waals surface area contributed by atoms with Gasteiger partial charge in [0.1, 0.15) is 0 Å².